The molecule has 120 valence electrons. The minimum Gasteiger partial charge on any atom is -0.369 e. The highest BCUT2D eigenvalue weighted by molar-refractivity contribution is 5.79. The van der Waals surface area contributed by atoms with Crippen LogP contribution >= 0.6 is 0 Å². The third-order valence-corrected chi connectivity index (χ3v) is 5.14. The maximum absolute atomic E-state index is 12.1. The molecule has 2 rings (SSSR count). The number of benzene rings is 1. The van der Waals surface area contributed by atoms with Crippen LogP contribution in [0.25, 0.3) is 6.08 Å². The highest BCUT2D eigenvalue weighted by atomic mass is 16.1. The first-order valence-corrected chi connectivity index (χ1v) is 8.11. The molecule has 1 aliphatic carbocycles. The molecule has 1 aliphatic rings. The van der Waals surface area contributed by atoms with E-state index in [9.17, 15) is 4.79 Å². The summed E-state index contributed by atoms with van der Waals surface area (Å²) in [6.45, 7) is 5.19. The number of carbonyl (C=O) groups excluding carboxylic acids is 1. The van der Waals surface area contributed by atoms with E-state index in [2.05, 4.69) is 63.2 Å². The van der Waals surface area contributed by atoms with Crippen molar-refractivity contribution >= 4 is 12.0 Å². The van der Waals surface area contributed by atoms with Crippen molar-refractivity contribution in [1.29, 1.82) is 0 Å². The van der Waals surface area contributed by atoms with Gasteiger partial charge < -0.3 is 10.6 Å². The van der Waals surface area contributed by atoms with Gasteiger partial charge in [0, 0.05) is 11.3 Å². The van der Waals surface area contributed by atoms with Gasteiger partial charge in [0.05, 0.1) is 0 Å². The van der Waals surface area contributed by atoms with Crippen molar-refractivity contribution in [1.82, 2.24) is 4.90 Å². The molecule has 0 bridgehead atoms. The molecule has 0 spiro atoms. The van der Waals surface area contributed by atoms with E-state index in [1.807, 2.05) is 0 Å². The SMILES string of the molecule is CCC(C(N)=O)C1(CCN(C)C)Cc2ccccc2C=C1C. The van der Waals surface area contributed by atoms with Crippen LogP contribution in [-0.2, 0) is 11.2 Å². The van der Waals surface area contributed by atoms with Crippen LogP contribution in [0.5, 0.6) is 0 Å². The zero-order valence-electron chi connectivity index (χ0n) is 14.2. The standard InChI is InChI=1S/C19H28N2O/c1-5-17(18(20)22)19(10-11-21(3)4)13-16-9-7-6-8-15(16)12-14(19)2/h6-9,12,17H,5,10-11,13H2,1-4H3,(H2,20,22). The van der Waals surface area contributed by atoms with E-state index in [1.54, 1.807) is 0 Å². The molecule has 0 aromatic heterocycles. The predicted octanol–water partition coefficient (Wildman–Crippen LogP) is 3.10. The van der Waals surface area contributed by atoms with E-state index in [0.29, 0.717) is 0 Å². The van der Waals surface area contributed by atoms with Crippen LogP contribution in [0.1, 0.15) is 37.8 Å². The fourth-order valence-electron chi connectivity index (χ4n) is 3.84. The smallest absolute Gasteiger partial charge is 0.221 e. The van der Waals surface area contributed by atoms with E-state index >= 15 is 0 Å². The molecule has 0 aliphatic heterocycles. The van der Waals surface area contributed by atoms with Crippen molar-refractivity contribution in [3.8, 4) is 0 Å². The van der Waals surface area contributed by atoms with E-state index < -0.39 is 0 Å². The lowest BCUT2D eigenvalue weighted by Gasteiger charge is -2.44. The third kappa shape index (κ3) is 3.09. The van der Waals surface area contributed by atoms with Crippen LogP contribution in [0.3, 0.4) is 0 Å². The largest absolute Gasteiger partial charge is 0.369 e. The molecule has 1 amide bonds. The van der Waals surface area contributed by atoms with Gasteiger partial charge >= 0.3 is 0 Å². The number of amides is 1. The van der Waals surface area contributed by atoms with Crippen molar-refractivity contribution in [3.63, 3.8) is 0 Å². The van der Waals surface area contributed by atoms with Crippen molar-refractivity contribution in [3.05, 3.63) is 41.0 Å². The molecule has 2 N–H and O–H groups in total. The van der Waals surface area contributed by atoms with Crippen LogP contribution in [0.4, 0.5) is 0 Å². The quantitative estimate of drug-likeness (QED) is 0.877. The highest BCUT2D eigenvalue weighted by Gasteiger charge is 2.44. The molecule has 0 saturated carbocycles. The van der Waals surface area contributed by atoms with E-state index in [4.69, 9.17) is 5.73 Å². The molecular weight excluding hydrogens is 272 g/mol. The molecule has 1 aromatic carbocycles. The van der Waals surface area contributed by atoms with Gasteiger partial charge in [0.15, 0.2) is 0 Å². The molecule has 3 nitrogen and oxygen atoms in total. The maximum atomic E-state index is 12.1. The maximum Gasteiger partial charge on any atom is 0.221 e. The van der Waals surface area contributed by atoms with Crippen molar-refractivity contribution < 1.29 is 4.79 Å². The van der Waals surface area contributed by atoms with Crippen LogP contribution < -0.4 is 5.73 Å². The monoisotopic (exact) mass is 300 g/mol. The van der Waals surface area contributed by atoms with E-state index in [0.717, 1.165) is 25.8 Å². The Morgan fingerprint density at radius 1 is 1.36 bits per heavy atom. The minimum absolute atomic E-state index is 0.114. The number of nitrogens with zero attached hydrogens (tertiary/aromatic N) is 1. The Labute approximate surface area is 134 Å². The average Bonchev–Trinajstić information content (AvgIpc) is 2.46. The summed E-state index contributed by atoms with van der Waals surface area (Å²) in [7, 11) is 4.16. The van der Waals surface area contributed by atoms with Gasteiger partial charge in [-0.1, -0.05) is 42.8 Å². The van der Waals surface area contributed by atoms with Gasteiger partial charge in [-0.05, 0) is 58.0 Å². The van der Waals surface area contributed by atoms with Crippen molar-refractivity contribution in [2.75, 3.05) is 20.6 Å². The number of fused-ring (bicyclic) bond motifs is 1. The highest BCUT2D eigenvalue weighted by Crippen LogP contribution is 2.48. The third-order valence-electron chi connectivity index (χ3n) is 5.14. The number of carbonyl (C=O) groups is 1. The first kappa shape index (κ1) is 16.8. The Kier molecular flexibility index (Phi) is 5.07. The number of hydrogen-bond acceptors (Lipinski definition) is 2. The zero-order chi connectivity index (χ0) is 16.3. The summed E-state index contributed by atoms with van der Waals surface area (Å²) in [5, 5.41) is 0. The molecule has 0 heterocycles. The Morgan fingerprint density at radius 2 is 2.05 bits per heavy atom. The summed E-state index contributed by atoms with van der Waals surface area (Å²) in [6.07, 6.45) is 4.90. The molecule has 2 atom stereocenters. The van der Waals surface area contributed by atoms with Gasteiger partial charge in [-0.3, -0.25) is 4.79 Å². The Bertz CT molecular complexity index is 577. The molecule has 0 fully saturated rings. The summed E-state index contributed by atoms with van der Waals surface area (Å²) in [4.78, 5) is 14.3. The van der Waals surface area contributed by atoms with Gasteiger partial charge in [0.25, 0.3) is 0 Å². The molecule has 0 saturated heterocycles. The van der Waals surface area contributed by atoms with Gasteiger partial charge in [0.2, 0.25) is 5.91 Å². The van der Waals surface area contributed by atoms with Crippen molar-refractivity contribution in [2.45, 2.75) is 33.1 Å². The average molecular weight is 300 g/mol. The van der Waals surface area contributed by atoms with Crippen molar-refractivity contribution in [2.24, 2.45) is 17.1 Å². The van der Waals surface area contributed by atoms with Crippen LogP contribution in [0.2, 0.25) is 0 Å². The molecule has 3 heteroatoms. The molecule has 22 heavy (non-hydrogen) atoms. The lowest BCUT2D eigenvalue weighted by molar-refractivity contribution is -0.125. The van der Waals surface area contributed by atoms with Crippen LogP contribution in [0.15, 0.2) is 29.8 Å². The lowest BCUT2D eigenvalue weighted by Crippen LogP contribution is -2.44. The second kappa shape index (κ2) is 6.66. The number of nitrogens with two attached hydrogens (primary N) is 1. The summed E-state index contributed by atoms with van der Waals surface area (Å²) < 4.78 is 0. The molecule has 2 unspecified atom stereocenters. The fourth-order valence-corrected chi connectivity index (χ4v) is 3.84. The zero-order valence-corrected chi connectivity index (χ0v) is 14.2. The topological polar surface area (TPSA) is 46.3 Å². The summed E-state index contributed by atoms with van der Waals surface area (Å²) >= 11 is 0. The second-order valence-corrected chi connectivity index (χ2v) is 6.78. The Morgan fingerprint density at radius 3 is 2.64 bits per heavy atom. The van der Waals surface area contributed by atoms with Gasteiger partial charge in [-0.2, -0.15) is 0 Å². The molecule has 1 aromatic rings. The number of hydrogen-bond donors (Lipinski definition) is 1. The number of allylic oxidation sites excluding steroid dienone is 1. The first-order chi connectivity index (χ1) is 10.4. The van der Waals surface area contributed by atoms with Gasteiger partial charge in [-0.15, -0.1) is 0 Å². The number of rotatable bonds is 6. The Balaban J connectivity index is 2.48. The predicted molar refractivity (Wildman–Crippen MR) is 92.4 cm³/mol. The van der Waals surface area contributed by atoms with Crippen LogP contribution in [-0.4, -0.2) is 31.4 Å². The summed E-state index contributed by atoms with van der Waals surface area (Å²) in [5.41, 5.74) is 9.51. The number of primary amides is 1. The first-order valence-electron chi connectivity index (χ1n) is 8.11. The van der Waals surface area contributed by atoms with E-state index in [-0.39, 0.29) is 17.2 Å². The molecule has 0 radical (unpaired) electrons. The van der Waals surface area contributed by atoms with Gasteiger partial charge in [-0.25, -0.2) is 0 Å². The normalized spacial score (nSPS) is 22.1. The summed E-state index contributed by atoms with van der Waals surface area (Å²) in [5.74, 6) is -0.287. The minimum atomic E-state index is -0.173. The van der Waals surface area contributed by atoms with Crippen LogP contribution in [0, 0.1) is 11.3 Å². The van der Waals surface area contributed by atoms with E-state index in [1.165, 1.54) is 16.7 Å². The fraction of sp³-hybridized carbons (Fsp3) is 0.526. The van der Waals surface area contributed by atoms with Gasteiger partial charge in [0.1, 0.15) is 0 Å². The second-order valence-electron chi connectivity index (χ2n) is 6.78. The summed E-state index contributed by atoms with van der Waals surface area (Å²) in [6, 6.07) is 8.48. The molecular formula is C19H28N2O. The lowest BCUT2D eigenvalue weighted by atomic mass is 9.60. The Hall–Kier alpha value is -1.61.